The van der Waals surface area contributed by atoms with Crippen LogP contribution < -0.4 is 5.32 Å². The summed E-state index contributed by atoms with van der Waals surface area (Å²) >= 11 is 0. The molecule has 0 aromatic heterocycles. The first-order valence-electron chi connectivity index (χ1n) is 6.80. The van der Waals surface area contributed by atoms with E-state index in [9.17, 15) is 9.90 Å². The normalized spacial score (nSPS) is 19.4. The largest absolute Gasteiger partial charge is 0.393 e. The van der Waals surface area contributed by atoms with Gasteiger partial charge in [-0.15, -0.1) is 0 Å². The highest BCUT2D eigenvalue weighted by Gasteiger charge is 2.28. The first kappa shape index (κ1) is 14.4. The van der Waals surface area contributed by atoms with Crippen LogP contribution in [0.1, 0.15) is 18.9 Å². The summed E-state index contributed by atoms with van der Waals surface area (Å²) in [6, 6.07) is 9.05. The number of aliphatic hydroxyl groups excluding tert-OH is 1. The van der Waals surface area contributed by atoms with Crippen LogP contribution in [0.2, 0.25) is 0 Å². The third kappa shape index (κ3) is 3.49. The van der Waals surface area contributed by atoms with Gasteiger partial charge in [0.05, 0.1) is 24.3 Å². The summed E-state index contributed by atoms with van der Waals surface area (Å²) < 4.78 is 0. The van der Waals surface area contributed by atoms with E-state index in [4.69, 9.17) is 5.26 Å². The molecule has 20 heavy (non-hydrogen) atoms. The molecule has 106 valence electrons. The Morgan fingerprint density at radius 2 is 2.25 bits per heavy atom. The van der Waals surface area contributed by atoms with Crippen molar-refractivity contribution in [2.24, 2.45) is 5.92 Å². The molecule has 0 bridgehead atoms. The number of rotatable bonds is 4. The van der Waals surface area contributed by atoms with Gasteiger partial charge in [0.2, 0.25) is 5.91 Å². The second-order valence-electron chi connectivity index (χ2n) is 5.17. The fraction of sp³-hybridized carbons (Fsp3) is 0.467. The molecule has 1 amide bonds. The Morgan fingerprint density at radius 1 is 1.55 bits per heavy atom. The Bertz CT molecular complexity index is 505. The lowest BCUT2D eigenvalue weighted by Gasteiger charge is -2.18. The number of anilines is 1. The van der Waals surface area contributed by atoms with Crippen molar-refractivity contribution in [3.05, 3.63) is 29.8 Å². The van der Waals surface area contributed by atoms with Crippen LogP contribution in [0, 0.1) is 17.2 Å². The van der Waals surface area contributed by atoms with Gasteiger partial charge in [-0.3, -0.25) is 4.79 Å². The molecule has 5 nitrogen and oxygen atoms in total. The number of amides is 1. The van der Waals surface area contributed by atoms with E-state index < -0.39 is 0 Å². The molecule has 2 unspecified atom stereocenters. The molecular formula is C15H19N3O2. The molecule has 1 aromatic carbocycles. The standard InChI is InChI=1S/C15H19N3O2/c1-11(19)13-6-7-18(10-13)15(20)9-17-14-4-2-12(8-16)3-5-14/h2-5,11,13,17,19H,6-7,9-10H2,1H3. The molecule has 0 radical (unpaired) electrons. The van der Waals surface area contributed by atoms with E-state index >= 15 is 0 Å². The second-order valence-corrected chi connectivity index (χ2v) is 5.17. The van der Waals surface area contributed by atoms with Crippen LogP contribution >= 0.6 is 0 Å². The van der Waals surface area contributed by atoms with Crippen LogP contribution in [-0.2, 0) is 4.79 Å². The molecule has 2 N–H and O–H groups in total. The van der Waals surface area contributed by atoms with Crippen LogP contribution in [0.5, 0.6) is 0 Å². The average molecular weight is 273 g/mol. The Kier molecular flexibility index (Phi) is 4.59. The zero-order valence-electron chi connectivity index (χ0n) is 11.5. The highest BCUT2D eigenvalue weighted by Crippen LogP contribution is 2.19. The molecule has 1 heterocycles. The van der Waals surface area contributed by atoms with Gasteiger partial charge in [-0.1, -0.05) is 0 Å². The van der Waals surface area contributed by atoms with E-state index in [1.807, 2.05) is 0 Å². The molecule has 5 heteroatoms. The summed E-state index contributed by atoms with van der Waals surface area (Å²) in [4.78, 5) is 13.8. The van der Waals surface area contributed by atoms with Crippen LogP contribution in [0.15, 0.2) is 24.3 Å². The van der Waals surface area contributed by atoms with Gasteiger partial charge in [-0.05, 0) is 37.6 Å². The average Bonchev–Trinajstić information content (AvgIpc) is 2.95. The maximum Gasteiger partial charge on any atom is 0.241 e. The van der Waals surface area contributed by atoms with Crippen molar-refractivity contribution in [2.45, 2.75) is 19.4 Å². The monoisotopic (exact) mass is 273 g/mol. The molecule has 0 aliphatic carbocycles. The highest BCUT2D eigenvalue weighted by atomic mass is 16.3. The van der Waals surface area contributed by atoms with Crippen molar-refractivity contribution < 1.29 is 9.90 Å². The smallest absolute Gasteiger partial charge is 0.241 e. The number of likely N-dealkylation sites (tertiary alicyclic amines) is 1. The molecule has 1 aliphatic rings. The van der Waals surface area contributed by atoms with E-state index in [1.54, 1.807) is 36.1 Å². The van der Waals surface area contributed by atoms with Crippen molar-refractivity contribution in [3.8, 4) is 6.07 Å². The van der Waals surface area contributed by atoms with Gasteiger partial charge in [0, 0.05) is 24.7 Å². The van der Waals surface area contributed by atoms with Crippen LogP contribution in [0.3, 0.4) is 0 Å². The zero-order valence-corrected chi connectivity index (χ0v) is 11.5. The number of nitrogens with one attached hydrogen (secondary N) is 1. The lowest BCUT2D eigenvalue weighted by Crippen LogP contribution is -2.34. The van der Waals surface area contributed by atoms with Gasteiger partial charge in [0.25, 0.3) is 0 Å². The zero-order chi connectivity index (χ0) is 14.5. The van der Waals surface area contributed by atoms with E-state index in [0.717, 1.165) is 12.1 Å². The number of hydrogen-bond donors (Lipinski definition) is 2. The van der Waals surface area contributed by atoms with E-state index in [-0.39, 0.29) is 24.5 Å². The minimum Gasteiger partial charge on any atom is -0.393 e. The molecule has 1 fully saturated rings. The van der Waals surface area contributed by atoms with Crippen LogP contribution in [0.25, 0.3) is 0 Å². The molecule has 1 aliphatic heterocycles. The number of carbonyl (C=O) groups excluding carboxylic acids is 1. The highest BCUT2D eigenvalue weighted by molar-refractivity contribution is 5.81. The first-order valence-corrected chi connectivity index (χ1v) is 6.80. The maximum absolute atomic E-state index is 12.0. The fourth-order valence-corrected chi connectivity index (χ4v) is 2.36. The predicted octanol–water partition coefficient (Wildman–Crippen LogP) is 1.20. The molecule has 0 saturated carbocycles. The number of nitriles is 1. The lowest BCUT2D eigenvalue weighted by atomic mass is 10.0. The summed E-state index contributed by atoms with van der Waals surface area (Å²) in [6.45, 7) is 3.35. The lowest BCUT2D eigenvalue weighted by molar-refractivity contribution is -0.128. The Balaban J connectivity index is 1.82. The number of hydrogen-bond acceptors (Lipinski definition) is 4. The topological polar surface area (TPSA) is 76.4 Å². The quantitative estimate of drug-likeness (QED) is 0.864. The van der Waals surface area contributed by atoms with Gasteiger partial charge in [0.1, 0.15) is 0 Å². The molecule has 1 aromatic rings. The third-order valence-electron chi connectivity index (χ3n) is 3.72. The van der Waals surface area contributed by atoms with Crippen LogP contribution in [0.4, 0.5) is 5.69 Å². The molecule has 0 spiro atoms. The predicted molar refractivity (Wildman–Crippen MR) is 76.0 cm³/mol. The van der Waals surface area contributed by atoms with Crippen molar-refractivity contribution >= 4 is 11.6 Å². The van der Waals surface area contributed by atoms with Crippen molar-refractivity contribution in [3.63, 3.8) is 0 Å². The minimum atomic E-state index is -0.362. The Hall–Kier alpha value is -2.06. The summed E-state index contributed by atoms with van der Waals surface area (Å²) in [5.74, 6) is 0.228. The number of benzene rings is 1. The number of aliphatic hydroxyl groups is 1. The molecular weight excluding hydrogens is 254 g/mol. The molecule has 1 saturated heterocycles. The van der Waals surface area contributed by atoms with Crippen molar-refractivity contribution in [2.75, 3.05) is 25.0 Å². The van der Waals surface area contributed by atoms with Gasteiger partial charge < -0.3 is 15.3 Å². The van der Waals surface area contributed by atoms with E-state index in [1.165, 1.54) is 0 Å². The molecule has 2 atom stereocenters. The second kappa shape index (κ2) is 6.40. The van der Waals surface area contributed by atoms with Crippen LogP contribution in [-0.4, -0.2) is 41.7 Å². The number of carbonyl (C=O) groups is 1. The summed E-state index contributed by atoms with van der Waals surface area (Å²) in [5.41, 5.74) is 1.42. The van der Waals surface area contributed by atoms with Crippen molar-refractivity contribution in [1.29, 1.82) is 5.26 Å². The third-order valence-corrected chi connectivity index (χ3v) is 3.72. The fourth-order valence-electron chi connectivity index (χ4n) is 2.36. The van der Waals surface area contributed by atoms with E-state index in [0.29, 0.717) is 18.7 Å². The summed E-state index contributed by atoms with van der Waals surface area (Å²) in [7, 11) is 0. The van der Waals surface area contributed by atoms with Gasteiger partial charge in [-0.2, -0.15) is 5.26 Å². The van der Waals surface area contributed by atoms with E-state index in [2.05, 4.69) is 11.4 Å². The SMILES string of the molecule is CC(O)C1CCN(C(=O)CNc2ccc(C#N)cc2)C1. The van der Waals surface area contributed by atoms with Gasteiger partial charge in [0.15, 0.2) is 0 Å². The van der Waals surface area contributed by atoms with Gasteiger partial charge >= 0.3 is 0 Å². The Labute approximate surface area is 118 Å². The maximum atomic E-state index is 12.0. The first-order chi connectivity index (χ1) is 9.60. The Morgan fingerprint density at radius 3 is 2.80 bits per heavy atom. The number of nitrogens with zero attached hydrogens (tertiary/aromatic N) is 2. The minimum absolute atomic E-state index is 0.0394. The van der Waals surface area contributed by atoms with Gasteiger partial charge in [-0.25, -0.2) is 0 Å². The summed E-state index contributed by atoms with van der Waals surface area (Å²) in [6.07, 6.45) is 0.500. The summed E-state index contributed by atoms with van der Waals surface area (Å²) in [5, 5.41) is 21.3. The van der Waals surface area contributed by atoms with Crippen molar-refractivity contribution in [1.82, 2.24) is 4.90 Å². The molecule has 2 rings (SSSR count).